The number of hydrogen-bond donors (Lipinski definition) is 0. The fourth-order valence-electron chi connectivity index (χ4n) is 1.97. The third-order valence-corrected chi connectivity index (χ3v) is 3.27. The van der Waals surface area contributed by atoms with Crippen molar-refractivity contribution in [2.24, 2.45) is 0 Å². The van der Waals surface area contributed by atoms with E-state index in [-0.39, 0.29) is 0 Å². The molecule has 0 radical (unpaired) electrons. The molecule has 0 N–H and O–H groups in total. The summed E-state index contributed by atoms with van der Waals surface area (Å²) in [5.74, 6) is 0.690. The Balaban J connectivity index is 2.24. The second kappa shape index (κ2) is 4.48. The van der Waals surface area contributed by atoms with E-state index in [1.807, 2.05) is 25.1 Å². The molecule has 3 rings (SSSR count). The van der Waals surface area contributed by atoms with Gasteiger partial charge < -0.3 is 0 Å². The van der Waals surface area contributed by atoms with Gasteiger partial charge in [-0.05, 0) is 42.8 Å². The number of aryl methyl sites for hydroxylation is 1. The van der Waals surface area contributed by atoms with Crippen molar-refractivity contribution >= 4 is 23.5 Å². The number of carbonyl (C=O) groups is 1. The van der Waals surface area contributed by atoms with Gasteiger partial charge in [-0.25, -0.2) is 0 Å². The van der Waals surface area contributed by atoms with Gasteiger partial charge in [0.05, 0.1) is 0 Å². The molecule has 0 aliphatic carbocycles. The molecule has 4 nitrogen and oxygen atoms in total. The van der Waals surface area contributed by atoms with Crippen molar-refractivity contribution in [3.05, 3.63) is 52.7 Å². The number of halogens is 1. The summed E-state index contributed by atoms with van der Waals surface area (Å²) < 4.78 is 1.81. The number of nitrogens with zero attached hydrogens (tertiary/aromatic N) is 3. The molecule has 0 amide bonds. The molecule has 0 saturated heterocycles. The van der Waals surface area contributed by atoms with Gasteiger partial charge in [0.25, 0.3) is 0 Å². The van der Waals surface area contributed by atoms with Gasteiger partial charge in [-0.3, -0.25) is 9.20 Å². The molecule has 1 aromatic carbocycles. The molecule has 0 spiro atoms. The lowest BCUT2D eigenvalue weighted by molar-refractivity contribution is 0.112. The van der Waals surface area contributed by atoms with Crippen LogP contribution in [-0.2, 0) is 0 Å². The topological polar surface area (TPSA) is 47.3 Å². The van der Waals surface area contributed by atoms with Gasteiger partial charge in [-0.1, -0.05) is 11.6 Å². The van der Waals surface area contributed by atoms with Crippen LogP contribution in [0.2, 0.25) is 5.02 Å². The maximum absolute atomic E-state index is 11.0. The van der Waals surface area contributed by atoms with Crippen LogP contribution in [0.3, 0.4) is 0 Å². The fraction of sp³-hybridized carbons (Fsp3) is 0.0714. The Hall–Kier alpha value is -2.20. The molecular formula is C14H10ClN3O. The third kappa shape index (κ3) is 2.00. The summed E-state index contributed by atoms with van der Waals surface area (Å²) in [7, 11) is 0. The number of fused-ring (bicyclic) bond motifs is 1. The molecule has 0 aliphatic rings. The van der Waals surface area contributed by atoms with Gasteiger partial charge >= 0.3 is 0 Å². The van der Waals surface area contributed by atoms with Crippen LogP contribution in [0.1, 0.15) is 15.9 Å². The Morgan fingerprint density at radius 3 is 2.63 bits per heavy atom. The molecule has 2 aromatic heterocycles. The van der Waals surface area contributed by atoms with Crippen molar-refractivity contribution in [3.8, 4) is 11.4 Å². The summed E-state index contributed by atoms with van der Waals surface area (Å²) in [5.41, 5.74) is 3.13. The molecule has 0 unspecified atom stereocenters. The SMILES string of the molecule is Cc1cc2nnc(-c3ccc(Cl)cc3)n2cc1C=O. The van der Waals surface area contributed by atoms with Gasteiger partial charge in [0.15, 0.2) is 17.8 Å². The Morgan fingerprint density at radius 2 is 1.95 bits per heavy atom. The van der Waals surface area contributed by atoms with Crippen LogP contribution in [0.15, 0.2) is 36.5 Å². The number of hydrogen-bond acceptors (Lipinski definition) is 3. The number of carbonyl (C=O) groups excluding carboxylic acids is 1. The van der Waals surface area contributed by atoms with Crippen molar-refractivity contribution in [2.75, 3.05) is 0 Å². The largest absolute Gasteiger partial charge is 0.298 e. The minimum atomic E-state index is 0.627. The quantitative estimate of drug-likeness (QED) is 0.673. The summed E-state index contributed by atoms with van der Waals surface area (Å²) >= 11 is 5.87. The van der Waals surface area contributed by atoms with Crippen LogP contribution in [0.5, 0.6) is 0 Å². The monoisotopic (exact) mass is 271 g/mol. The maximum Gasteiger partial charge on any atom is 0.168 e. The predicted octanol–water partition coefficient (Wildman–Crippen LogP) is 3.17. The molecule has 3 aromatic rings. The predicted molar refractivity (Wildman–Crippen MR) is 73.6 cm³/mol. The fourth-order valence-corrected chi connectivity index (χ4v) is 2.09. The average Bonchev–Trinajstić information content (AvgIpc) is 2.81. The first-order chi connectivity index (χ1) is 9.19. The summed E-state index contributed by atoms with van der Waals surface area (Å²) in [6.45, 7) is 1.88. The van der Waals surface area contributed by atoms with E-state index in [0.717, 1.165) is 17.4 Å². The molecule has 0 aliphatic heterocycles. The van der Waals surface area contributed by atoms with Crippen LogP contribution in [0.25, 0.3) is 17.0 Å². The van der Waals surface area contributed by atoms with E-state index in [4.69, 9.17) is 11.6 Å². The zero-order valence-electron chi connectivity index (χ0n) is 10.2. The van der Waals surface area contributed by atoms with Gasteiger partial charge in [0, 0.05) is 22.3 Å². The summed E-state index contributed by atoms with van der Waals surface area (Å²) in [6, 6.07) is 9.19. The summed E-state index contributed by atoms with van der Waals surface area (Å²) in [6.07, 6.45) is 2.59. The van der Waals surface area contributed by atoms with Crippen molar-refractivity contribution in [3.63, 3.8) is 0 Å². The number of aldehydes is 1. The first kappa shape index (κ1) is 11.9. The van der Waals surface area contributed by atoms with Crippen LogP contribution in [0.4, 0.5) is 0 Å². The Morgan fingerprint density at radius 1 is 1.21 bits per heavy atom. The van der Waals surface area contributed by atoms with Crippen LogP contribution in [0, 0.1) is 6.92 Å². The maximum atomic E-state index is 11.0. The van der Waals surface area contributed by atoms with Crippen molar-refractivity contribution in [1.29, 1.82) is 0 Å². The standard InChI is InChI=1S/C14H10ClN3O/c1-9-6-13-16-17-14(18(13)7-11(9)8-19)10-2-4-12(15)5-3-10/h2-8H,1H3. The molecule has 0 saturated carbocycles. The van der Waals surface area contributed by atoms with E-state index in [2.05, 4.69) is 10.2 Å². The first-order valence-electron chi connectivity index (χ1n) is 5.75. The molecule has 0 fully saturated rings. The minimum absolute atomic E-state index is 0.627. The Kier molecular flexibility index (Phi) is 2.80. The van der Waals surface area contributed by atoms with Crippen molar-refractivity contribution in [2.45, 2.75) is 6.92 Å². The number of aromatic nitrogens is 3. The van der Waals surface area contributed by atoms with Crippen molar-refractivity contribution in [1.82, 2.24) is 14.6 Å². The molecule has 19 heavy (non-hydrogen) atoms. The lowest BCUT2D eigenvalue weighted by Crippen LogP contribution is -1.95. The van der Waals surface area contributed by atoms with Gasteiger partial charge in [0.2, 0.25) is 0 Å². The second-order valence-electron chi connectivity index (χ2n) is 4.29. The zero-order chi connectivity index (χ0) is 13.4. The number of rotatable bonds is 2. The summed E-state index contributed by atoms with van der Waals surface area (Å²) in [4.78, 5) is 11.0. The molecule has 0 atom stereocenters. The molecule has 5 heteroatoms. The van der Waals surface area contributed by atoms with Gasteiger partial charge in [-0.15, -0.1) is 10.2 Å². The highest BCUT2D eigenvalue weighted by Gasteiger charge is 2.10. The van der Waals surface area contributed by atoms with Crippen LogP contribution >= 0.6 is 11.6 Å². The zero-order valence-corrected chi connectivity index (χ0v) is 10.9. The number of pyridine rings is 1. The van der Waals surface area contributed by atoms with Gasteiger partial charge in [-0.2, -0.15) is 0 Å². The Labute approximate surface area is 114 Å². The van der Waals surface area contributed by atoms with E-state index in [1.54, 1.807) is 22.7 Å². The minimum Gasteiger partial charge on any atom is -0.298 e. The smallest absolute Gasteiger partial charge is 0.168 e. The number of benzene rings is 1. The van der Waals surface area contributed by atoms with E-state index >= 15 is 0 Å². The van der Waals surface area contributed by atoms with Crippen molar-refractivity contribution < 1.29 is 4.79 Å². The van der Waals surface area contributed by atoms with Crippen LogP contribution in [-0.4, -0.2) is 20.9 Å². The lowest BCUT2D eigenvalue weighted by Gasteiger charge is -2.03. The molecule has 94 valence electrons. The van der Waals surface area contributed by atoms with E-state index in [9.17, 15) is 4.79 Å². The second-order valence-corrected chi connectivity index (χ2v) is 4.72. The summed E-state index contributed by atoms with van der Waals surface area (Å²) in [5, 5.41) is 8.95. The van der Waals surface area contributed by atoms with E-state index in [1.165, 1.54) is 0 Å². The molecule has 2 heterocycles. The van der Waals surface area contributed by atoms with Gasteiger partial charge in [0.1, 0.15) is 0 Å². The lowest BCUT2D eigenvalue weighted by atomic mass is 10.1. The van der Waals surface area contributed by atoms with Crippen LogP contribution < -0.4 is 0 Å². The highest BCUT2D eigenvalue weighted by atomic mass is 35.5. The highest BCUT2D eigenvalue weighted by molar-refractivity contribution is 6.30. The Bertz CT molecular complexity index is 762. The molecule has 0 bridgehead atoms. The third-order valence-electron chi connectivity index (χ3n) is 3.02. The van der Waals surface area contributed by atoms with E-state index < -0.39 is 0 Å². The average molecular weight is 272 g/mol. The highest BCUT2D eigenvalue weighted by Crippen LogP contribution is 2.21. The normalized spacial score (nSPS) is 10.8. The first-order valence-corrected chi connectivity index (χ1v) is 6.13. The van der Waals surface area contributed by atoms with E-state index in [0.29, 0.717) is 22.1 Å². The molecular weight excluding hydrogens is 262 g/mol.